The first-order valence-corrected chi connectivity index (χ1v) is 21.3. The molecule has 0 saturated heterocycles. The first kappa shape index (κ1) is 40.9. The van der Waals surface area contributed by atoms with Gasteiger partial charge in [0.25, 0.3) is 0 Å². The second-order valence-corrected chi connectivity index (χ2v) is 14.6. The van der Waals surface area contributed by atoms with E-state index in [0.717, 1.165) is 44.9 Å². The van der Waals surface area contributed by atoms with E-state index in [1.54, 1.807) is 6.08 Å². The number of aromatic nitrogens is 2. The summed E-state index contributed by atoms with van der Waals surface area (Å²) in [4.78, 5) is 9.89. The summed E-state index contributed by atoms with van der Waals surface area (Å²) in [7, 11) is 0. The highest BCUT2D eigenvalue weighted by atomic mass is 15.0. The van der Waals surface area contributed by atoms with Crippen molar-refractivity contribution in [3.05, 3.63) is 236 Å². The number of benzene rings is 8. The second kappa shape index (κ2) is 19.1. The summed E-state index contributed by atoms with van der Waals surface area (Å²) in [5.41, 5.74) is 13.0. The van der Waals surface area contributed by atoms with E-state index in [1.807, 2.05) is 45.1 Å². The van der Waals surface area contributed by atoms with Gasteiger partial charge in [-0.05, 0) is 83.6 Å². The molecule has 4 nitrogen and oxygen atoms in total. The molecule has 8 aromatic carbocycles. The van der Waals surface area contributed by atoms with Gasteiger partial charge in [-0.3, -0.25) is 9.98 Å². The van der Waals surface area contributed by atoms with Crippen molar-refractivity contribution >= 4 is 61.6 Å². The predicted octanol–water partition coefficient (Wildman–Crippen LogP) is 15.7. The van der Waals surface area contributed by atoms with Crippen molar-refractivity contribution in [2.45, 2.75) is 27.3 Å². The molecule has 0 aliphatic carbocycles. The fraction of sp³-hybridized carbons (Fsp3) is 0.0690. The van der Waals surface area contributed by atoms with Gasteiger partial charge in [0.05, 0.1) is 34.5 Å². The minimum absolute atomic E-state index is 0.482. The molecule has 10 aromatic rings. The lowest BCUT2D eigenvalue weighted by Crippen LogP contribution is -2.06. The monoisotopic (exact) mass is 802 g/mol. The summed E-state index contributed by atoms with van der Waals surface area (Å²) in [5, 5.41) is 5.98. The minimum Gasteiger partial charge on any atom is -0.315 e. The molecule has 0 bridgehead atoms. The molecule has 4 heteroatoms. The van der Waals surface area contributed by atoms with Crippen molar-refractivity contribution in [1.29, 1.82) is 0 Å². The van der Waals surface area contributed by atoms with Gasteiger partial charge < -0.3 is 9.13 Å². The van der Waals surface area contributed by atoms with Crippen molar-refractivity contribution < 1.29 is 0 Å². The number of nitrogens with zero attached hydrogens (tertiary/aromatic N) is 4. The van der Waals surface area contributed by atoms with E-state index in [4.69, 9.17) is 4.99 Å². The molecule has 0 saturated carbocycles. The molecule has 2 aromatic heterocycles. The van der Waals surface area contributed by atoms with Crippen LogP contribution in [-0.2, 0) is 6.54 Å². The standard InChI is InChI=1S/C51H36N4.C5H8.C2H6/c1-52-47-25-12-10-24-46(47)49(44-30-29-40(36-16-4-2-5-17-36)41-21-8-9-22-42(41)44)53-34-35-15-14-20-39(33-35)55-48-26-13-11-23-43(48)45-28-27-37-31-32-54(50(37)51(45)55)38-18-6-3-7-19-38;1-3-5-4-2;1-2/h2-33H,1,34H2;3-5H,1H2,2H3;1-2H3/b;5-4-;. The third kappa shape index (κ3) is 7.94. The lowest BCUT2D eigenvalue weighted by Gasteiger charge is -2.16. The zero-order valence-corrected chi connectivity index (χ0v) is 35.6. The molecule has 0 atom stereocenters. The van der Waals surface area contributed by atoms with E-state index in [9.17, 15) is 0 Å². The molecular formula is C58H50N4. The second-order valence-electron chi connectivity index (χ2n) is 14.6. The van der Waals surface area contributed by atoms with Gasteiger partial charge in [0.15, 0.2) is 0 Å². The normalized spacial score (nSPS) is 11.4. The van der Waals surface area contributed by atoms with Crippen molar-refractivity contribution in [2.75, 3.05) is 0 Å². The first-order valence-electron chi connectivity index (χ1n) is 21.3. The number of para-hydroxylation sites is 3. The minimum atomic E-state index is 0.482. The van der Waals surface area contributed by atoms with Crippen molar-refractivity contribution in [3.63, 3.8) is 0 Å². The van der Waals surface area contributed by atoms with Crippen LogP contribution in [0.3, 0.4) is 0 Å². The number of rotatable bonds is 9. The van der Waals surface area contributed by atoms with Crippen molar-refractivity contribution in [3.8, 4) is 22.5 Å². The SMILES string of the molecule is C=C/C=C\C.C=Nc1ccccc1C(=NCc1cccc(-n2c3ccccc3c3ccc4ccn(-c5ccccc5)c4c32)c1)c1ccc(-c2ccccc2)c2ccccc12.CC. The Balaban J connectivity index is 0.000000708. The maximum absolute atomic E-state index is 5.45. The molecule has 0 spiro atoms. The Hall–Kier alpha value is -7.82. The topological polar surface area (TPSA) is 34.6 Å². The molecule has 0 fully saturated rings. The van der Waals surface area contributed by atoms with Crippen LogP contribution in [0, 0.1) is 0 Å². The predicted molar refractivity (Wildman–Crippen MR) is 268 cm³/mol. The van der Waals surface area contributed by atoms with E-state index in [-0.39, 0.29) is 0 Å². The highest BCUT2D eigenvalue weighted by molar-refractivity contribution is 6.23. The number of hydrogen-bond donors (Lipinski definition) is 0. The summed E-state index contributed by atoms with van der Waals surface area (Å²) in [6.45, 7) is 13.8. The van der Waals surface area contributed by atoms with Crippen LogP contribution < -0.4 is 0 Å². The van der Waals surface area contributed by atoms with Crippen LogP contribution in [-0.4, -0.2) is 21.6 Å². The summed E-state index contributed by atoms with van der Waals surface area (Å²) < 4.78 is 4.74. The van der Waals surface area contributed by atoms with E-state index >= 15 is 0 Å². The van der Waals surface area contributed by atoms with Gasteiger partial charge in [-0.25, -0.2) is 0 Å². The Bertz CT molecular complexity index is 3220. The van der Waals surface area contributed by atoms with Gasteiger partial charge in [0, 0.05) is 44.9 Å². The van der Waals surface area contributed by atoms with Crippen LogP contribution in [0.1, 0.15) is 37.5 Å². The van der Waals surface area contributed by atoms with Gasteiger partial charge in [0.2, 0.25) is 0 Å². The molecule has 10 rings (SSSR count). The third-order valence-corrected chi connectivity index (χ3v) is 11.0. The Morgan fingerprint density at radius 2 is 1.26 bits per heavy atom. The Kier molecular flexibility index (Phi) is 12.6. The quantitative estimate of drug-likeness (QED) is 0.103. The largest absolute Gasteiger partial charge is 0.315 e. The summed E-state index contributed by atoms with van der Waals surface area (Å²) in [6, 6.07) is 66.7. The van der Waals surface area contributed by atoms with E-state index in [1.165, 1.54) is 49.2 Å². The molecule has 0 amide bonds. The molecule has 62 heavy (non-hydrogen) atoms. The fourth-order valence-electron chi connectivity index (χ4n) is 8.35. The van der Waals surface area contributed by atoms with Crippen LogP contribution in [0.2, 0.25) is 0 Å². The third-order valence-electron chi connectivity index (χ3n) is 11.0. The fourth-order valence-corrected chi connectivity index (χ4v) is 8.35. The maximum Gasteiger partial charge on any atom is 0.0788 e. The molecule has 0 aliphatic rings. The van der Waals surface area contributed by atoms with Gasteiger partial charge >= 0.3 is 0 Å². The Morgan fingerprint density at radius 1 is 0.581 bits per heavy atom. The van der Waals surface area contributed by atoms with Crippen LogP contribution in [0.4, 0.5) is 5.69 Å². The Labute approximate surface area is 364 Å². The van der Waals surface area contributed by atoms with Crippen LogP contribution >= 0.6 is 0 Å². The van der Waals surface area contributed by atoms with Crippen LogP contribution in [0.25, 0.3) is 66.0 Å². The maximum atomic E-state index is 5.45. The van der Waals surface area contributed by atoms with Gasteiger partial charge in [-0.2, -0.15) is 0 Å². The van der Waals surface area contributed by atoms with Crippen molar-refractivity contribution in [1.82, 2.24) is 9.13 Å². The lowest BCUT2D eigenvalue weighted by atomic mass is 9.91. The first-order chi connectivity index (χ1) is 30.7. The Morgan fingerprint density at radius 3 is 2.00 bits per heavy atom. The highest BCUT2D eigenvalue weighted by Crippen LogP contribution is 2.38. The number of allylic oxidation sites excluding steroid dienone is 3. The highest BCUT2D eigenvalue weighted by Gasteiger charge is 2.19. The van der Waals surface area contributed by atoms with Crippen LogP contribution in [0.15, 0.2) is 229 Å². The number of fused-ring (bicyclic) bond motifs is 6. The molecule has 0 radical (unpaired) electrons. The number of aliphatic imine (C=N–C) groups is 2. The van der Waals surface area contributed by atoms with Gasteiger partial charge in [0.1, 0.15) is 0 Å². The average molecular weight is 803 g/mol. The smallest absolute Gasteiger partial charge is 0.0788 e. The molecule has 302 valence electrons. The molecular weight excluding hydrogens is 753 g/mol. The van der Waals surface area contributed by atoms with E-state index in [0.29, 0.717) is 6.54 Å². The average Bonchev–Trinajstić information content (AvgIpc) is 3.93. The molecule has 0 unspecified atom stereocenters. The molecule has 0 N–H and O–H groups in total. The number of hydrogen-bond acceptors (Lipinski definition) is 2. The molecule has 0 aliphatic heterocycles. The van der Waals surface area contributed by atoms with Gasteiger partial charge in [-0.1, -0.05) is 184 Å². The lowest BCUT2D eigenvalue weighted by molar-refractivity contribution is 1.05. The summed E-state index contributed by atoms with van der Waals surface area (Å²) in [5.74, 6) is 0. The van der Waals surface area contributed by atoms with Gasteiger partial charge in [-0.15, -0.1) is 0 Å². The van der Waals surface area contributed by atoms with Crippen molar-refractivity contribution in [2.24, 2.45) is 9.98 Å². The summed E-state index contributed by atoms with van der Waals surface area (Å²) >= 11 is 0. The van der Waals surface area contributed by atoms with E-state index < -0.39 is 0 Å². The zero-order valence-electron chi connectivity index (χ0n) is 35.6. The molecule has 2 heterocycles. The summed E-state index contributed by atoms with van der Waals surface area (Å²) in [6.07, 6.45) is 7.76. The van der Waals surface area contributed by atoms with Crippen LogP contribution in [0.5, 0.6) is 0 Å². The van der Waals surface area contributed by atoms with E-state index in [2.05, 4.69) is 210 Å². The zero-order chi connectivity index (χ0) is 42.8.